The van der Waals surface area contributed by atoms with E-state index < -0.39 is 0 Å². The summed E-state index contributed by atoms with van der Waals surface area (Å²) in [7, 11) is 1.89. The monoisotopic (exact) mass is 313 g/mol. The van der Waals surface area contributed by atoms with Crippen molar-refractivity contribution >= 4 is 11.6 Å². The highest BCUT2D eigenvalue weighted by Gasteiger charge is 2.38. The van der Waals surface area contributed by atoms with Gasteiger partial charge in [-0.3, -0.25) is 9.69 Å². The lowest BCUT2D eigenvalue weighted by Crippen LogP contribution is -2.38. The molecule has 0 atom stereocenters. The molecule has 124 valence electrons. The van der Waals surface area contributed by atoms with E-state index in [2.05, 4.69) is 28.4 Å². The van der Waals surface area contributed by atoms with E-state index in [1.807, 2.05) is 11.9 Å². The van der Waals surface area contributed by atoms with Crippen LogP contribution in [0.2, 0.25) is 0 Å². The lowest BCUT2D eigenvalue weighted by atomic mass is 9.78. The third-order valence-electron chi connectivity index (χ3n) is 6.08. The molecule has 3 heterocycles. The largest absolute Gasteiger partial charge is 0.317 e. The second-order valence-corrected chi connectivity index (χ2v) is 7.63. The van der Waals surface area contributed by atoms with Gasteiger partial charge in [-0.05, 0) is 67.9 Å². The zero-order valence-corrected chi connectivity index (χ0v) is 14.1. The summed E-state index contributed by atoms with van der Waals surface area (Å²) in [6, 6.07) is 6.67. The highest BCUT2D eigenvalue weighted by Crippen LogP contribution is 2.39. The Labute approximate surface area is 138 Å². The van der Waals surface area contributed by atoms with Crippen molar-refractivity contribution in [1.82, 2.24) is 10.2 Å². The van der Waals surface area contributed by atoms with Gasteiger partial charge >= 0.3 is 0 Å². The van der Waals surface area contributed by atoms with Crippen molar-refractivity contribution in [2.45, 2.75) is 38.6 Å². The number of amides is 1. The third-order valence-corrected chi connectivity index (χ3v) is 6.08. The second-order valence-electron chi connectivity index (χ2n) is 7.63. The Balaban J connectivity index is 1.45. The maximum Gasteiger partial charge on any atom is 0.227 e. The zero-order valence-electron chi connectivity index (χ0n) is 14.1. The standard InChI is InChI=1S/C19H27N3O/c1-21-17-4-2-15(12-16(17)3-5-18(21)23)13-22-11-8-19(14-22)6-9-20-10-7-19/h2,4,12,20H,3,5-11,13-14H2,1H3. The van der Waals surface area contributed by atoms with Gasteiger partial charge in [-0.25, -0.2) is 0 Å². The fourth-order valence-corrected chi connectivity index (χ4v) is 4.59. The summed E-state index contributed by atoms with van der Waals surface area (Å²) in [6.45, 7) is 5.92. The van der Waals surface area contributed by atoms with Crippen LogP contribution in [0, 0.1) is 5.41 Å². The summed E-state index contributed by atoms with van der Waals surface area (Å²) in [6.07, 6.45) is 5.56. The molecule has 1 amide bonds. The number of fused-ring (bicyclic) bond motifs is 1. The zero-order chi connectivity index (χ0) is 15.9. The summed E-state index contributed by atoms with van der Waals surface area (Å²) >= 11 is 0. The summed E-state index contributed by atoms with van der Waals surface area (Å²) in [5, 5.41) is 3.49. The van der Waals surface area contributed by atoms with Crippen molar-refractivity contribution in [2.24, 2.45) is 5.41 Å². The number of nitrogens with one attached hydrogen (secondary N) is 1. The Bertz CT molecular complexity index is 607. The molecule has 1 N–H and O–H groups in total. The van der Waals surface area contributed by atoms with Crippen LogP contribution < -0.4 is 10.2 Å². The van der Waals surface area contributed by atoms with Crippen LogP contribution in [0.5, 0.6) is 0 Å². The molecule has 0 aliphatic carbocycles. The first-order valence-electron chi connectivity index (χ1n) is 8.97. The smallest absolute Gasteiger partial charge is 0.227 e. The molecule has 1 spiro atoms. The van der Waals surface area contributed by atoms with Crippen LogP contribution >= 0.6 is 0 Å². The van der Waals surface area contributed by atoms with Crippen molar-refractivity contribution in [2.75, 3.05) is 38.1 Å². The normalized spacial score (nSPS) is 24.2. The molecule has 3 aliphatic rings. The van der Waals surface area contributed by atoms with Gasteiger partial charge in [-0.15, -0.1) is 0 Å². The molecule has 4 heteroatoms. The predicted octanol–water partition coefficient (Wildman–Crippen LogP) is 2.17. The van der Waals surface area contributed by atoms with Crippen molar-refractivity contribution in [3.63, 3.8) is 0 Å². The van der Waals surface area contributed by atoms with Gasteiger partial charge in [-0.1, -0.05) is 12.1 Å². The maximum atomic E-state index is 11.8. The van der Waals surface area contributed by atoms with Gasteiger partial charge in [0.05, 0.1) is 0 Å². The molecule has 0 radical (unpaired) electrons. The van der Waals surface area contributed by atoms with Gasteiger partial charge in [0.1, 0.15) is 0 Å². The molecule has 1 aromatic carbocycles. The van der Waals surface area contributed by atoms with Crippen LogP contribution in [-0.4, -0.2) is 44.0 Å². The third kappa shape index (κ3) is 2.90. The number of anilines is 1. The average molecular weight is 313 g/mol. The number of aryl methyl sites for hydroxylation is 1. The Kier molecular flexibility index (Phi) is 3.90. The number of rotatable bonds is 2. The Morgan fingerprint density at radius 3 is 2.83 bits per heavy atom. The molecule has 2 fully saturated rings. The minimum atomic E-state index is 0.234. The Morgan fingerprint density at radius 1 is 1.17 bits per heavy atom. The minimum Gasteiger partial charge on any atom is -0.317 e. The van der Waals surface area contributed by atoms with Crippen LogP contribution in [-0.2, 0) is 17.8 Å². The molecular formula is C19H27N3O. The number of likely N-dealkylation sites (tertiary alicyclic amines) is 1. The molecule has 23 heavy (non-hydrogen) atoms. The van der Waals surface area contributed by atoms with Crippen LogP contribution in [0.15, 0.2) is 18.2 Å². The van der Waals surface area contributed by atoms with E-state index in [1.165, 1.54) is 56.6 Å². The van der Waals surface area contributed by atoms with Crippen molar-refractivity contribution in [1.29, 1.82) is 0 Å². The van der Waals surface area contributed by atoms with Crippen LogP contribution in [0.1, 0.15) is 36.8 Å². The van der Waals surface area contributed by atoms with E-state index in [-0.39, 0.29) is 5.91 Å². The number of hydrogen-bond acceptors (Lipinski definition) is 3. The molecule has 4 nitrogen and oxygen atoms in total. The van der Waals surface area contributed by atoms with Gasteiger partial charge in [0.2, 0.25) is 5.91 Å². The van der Waals surface area contributed by atoms with E-state index in [1.54, 1.807) is 0 Å². The fourth-order valence-electron chi connectivity index (χ4n) is 4.59. The van der Waals surface area contributed by atoms with Gasteiger partial charge in [-0.2, -0.15) is 0 Å². The topological polar surface area (TPSA) is 35.6 Å². The molecule has 0 aromatic heterocycles. The fraction of sp³-hybridized carbons (Fsp3) is 0.632. The highest BCUT2D eigenvalue weighted by molar-refractivity contribution is 5.95. The Morgan fingerprint density at radius 2 is 2.00 bits per heavy atom. The van der Waals surface area contributed by atoms with Gasteiger partial charge in [0, 0.05) is 32.2 Å². The first-order valence-corrected chi connectivity index (χ1v) is 8.97. The van der Waals surface area contributed by atoms with E-state index in [0.717, 1.165) is 18.7 Å². The first kappa shape index (κ1) is 15.2. The maximum absolute atomic E-state index is 11.8. The van der Waals surface area contributed by atoms with E-state index >= 15 is 0 Å². The molecule has 4 rings (SSSR count). The number of benzene rings is 1. The van der Waals surface area contributed by atoms with Gasteiger partial charge in [0.15, 0.2) is 0 Å². The second kappa shape index (κ2) is 5.91. The highest BCUT2D eigenvalue weighted by atomic mass is 16.2. The Hall–Kier alpha value is -1.39. The molecule has 2 saturated heterocycles. The number of piperidine rings is 1. The molecule has 0 saturated carbocycles. The molecular weight excluding hydrogens is 286 g/mol. The molecule has 1 aromatic rings. The number of nitrogens with zero attached hydrogens (tertiary/aromatic N) is 2. The molecule has 3 aliphatic heterocycles. The SMILES string of the molecule is CN1C(=O)CCc2cc(CN3CCC4(CCNCC4)C3)ccc21. The van der Waals surface area contributed by atoms with Crippen molar-refractivity contribution in [3.05, 3.63) is 29.3 Å². The van der Waals surface area contributed by atoms with Crippen LogP contribution in [0.3, 0.4) is 0 Å². The lowest BCUT2D eigenvalue weighted by Gasteiger charge is -2.34. The minimum absolute atomic E-state index is 0.234. The summed E-state index contributed by atoms with van der Waals surface area (Å²) in [5.74, 6) is 0.234. The summed E-state index contributed by atoms with van der Waals surface area (Å²) < 4.78 is 0. The number of carbonyl (C=O) groups is 1. The molecule has 0 unspecified atom stereocenters. The quantitative estimate of drug-likeness (QED) is 0.909. The summed E-state index contributed by atoms with van der Waals surface area (Å²) in [4.78, 5) is 16.2. The van der Waals surface area contributed by atoms with Gasteiger partial charge < -0.3 is 10.2 Å². The van der Waals surface area contributed by atoms with E-state index in [0.29, 0.717) is 11.8 Å². The van der Waals surface area contributed by atoms with Crippen LogP contribution in [0.25, 0.3) is 0 Å². The predicted molar refractivity (Wildman–Crippen MR) is 92.6 cm³/mol. The molecule has 0 bridgehead atoms. The van der Waals surface area contributed by atoms with Crippen LogP contribution in [0.4, 0.5) is 5.69 Å². The van der Waals surface area contributed by atoms with Gasteiger partial charge in [0.25, 0.3) is 0 Å². The summed E-state index contributed by atoms with van der Waals surface area (Å²) in [5.41, 5.74) is 4.41. The van der Waals surface area contributed by atoms with Crippen molar-refractivity contribution in [3.8, 4) is 0 Å². The van der Waals surface area contributed by atoms with Crippen molar-refractivity contribution < 1.29 is 4.79 Å². The average Bonchev–Trinajstić information content (AvgIpc) is 2.94. The van der Waals surface area contributed by atoms with E-state index in [4.69, 9.17) is 0 Å². The number of hydrogen-bond donors (Lipinski definition) is 1. The lowest BCUT2D eigenvalue weighted by molar-refractivity contribution is -0.118. The van der Waals surface area contributed by atoms with E-state index in [9.17, 15) is 4.79 Å². The first-order chi connectivity index (χ1) is 11.2. The number of carbonyl (C=O) groups excluding carboxylic acids is 1.